The summed E-state index contributed by atoms with van der Waals surface area (Å²) in [6.45, 7) is 4.72. The van der Waals surface area contributed by atoms with Gasteiger partial charge in [0.25, 0.3) is 0 Å². The summed E-state index contributed by atoms with van der Waals surface area (Å²) in [5, 5.41) is 10.0. The lowest BCUT2D eigenvalue weighted by atomic mass is 9.81. The van der Waals surface area contributed by atoms with Gasteiger partial charge in [-0.3, -0.25) is 0 Å². The Bertz CT molecular complexity index is 3170. The van der Waals surface area contributed by atoms with Crippen molar-refractivity contribution >= 4 is 43.1 Å². The molecule has 1 aliphatic carbocycles. The van der Waals surface area contributed by atoms with Crippen molar-refractivity contribution in [2.24, 2.45) is 0 Å². The smallest absolute Gasteiger partial charge is 0.160 e. The first-order valence-corrected chi connectivity index (χ1v) is 19.1. The predicted molar refractivity (Wildman–Crippen MR) is 231 cm³/mol. The topological polar surface area (TPSA) is 25.8 Å². The highest BCUT2D eigenvalue weighted by molar-refractivity contribution is 6.17. The summed E-state index contributed by atoms with van der Waals surface area (Å²) in [6.07, 6.45) is 0. The summed E-state index contributed by atoms with van der Waals surface area (Å²) in [6, 6.07) is 66.0. The third-order valence-electron chi connectivity index (χ3n) is 11.9. The van der Waals surface area contributed by atoms with E-state index in [0.717, 1.165) is 33.6 Å². The van der Waals surface area contributed by atoms with E-state index in [1.54, 1.807) is 0 Å². The van der Waals surface area contributed by atoms with Crippen molar-refractivity contribution in [3.05, 3.63) is 193 Å². The molecule has 0 amide bonds. The number of rotatable bonds is 4. The van der Waals surface area contributed by atoms with Gasteiger partial charge in [0.15, 0.2) is 5.82 Å². The predicted octanol–water partition coefficient (Wildman–Crippen LogP) is 14.1. The number of nitrogens with zero attached hydrogens (tertiary/aromatic N) is 2. The molecule has 1 heterocycles. The average molecular weight is 701 g/mol. The third-order valence-corrected chi connectivity index (χ3v) is 11.9. The molecule has 0 saturated carbocycles. The molecule has 0 spiro atoms. The second-order valence-electron chi connectivity index (χ2n) is 15.4. The Morgan fingerprint density at radius 3 is 1.78 bits per heavy atom. The van der Waals surface area contributed by atoms with Gasteiger partial charge in [-0.1, -0.05) is 172 Å². The zero-order valence-corrected chi connectivity index (χ0v) is 30.7. The molecule has 258 valence electrons. The van der Waals surface area contributed by atoms with Crippen LogP contribution in [-0.4, -0.2) is 9.97 Å². The molecule has 9 aromatic carbocycles. The van der Waals surface area contributed by atoms with E-state index < -0.39 is 0 Å². The van der Waals surface area contributed by atoms with E-state index in [2.05, 4.69) is 190 Å². The van der Waals surface area contributed by atoms with Gasteiger partial charge in [-0.15, -0.1) is 0 Å². The van der Waals surface area contributed by atoms with Crippen LogP contribution in [-0.2, 0) is 5.41 Å². The fourth-order valence-electron chi connectivity index (χ4n) is 9.08. The Morgan fingerprint density at radius 1 is 0.345 bits per heavy atom. The van der Waals surface area contributed by atoms with Gasteiger partial charge in [0.05, 0.1) is 11.4 Å². The van der Waals surface area contributed by atoms with E-state index in [0.29, 0.717) is 5.82 Å². The van der Waals surface area contributed by atoms with Crippen molar-refractivity contribution in [1.82, 2.24) is 9.97 Å². The second kappa shape index (κ2) is 12.1. The standard InChI is InChI=1S/C53H36N2/c1-53(2)47-22-12-21-45(51(47)46-30-35-16-6-7-17-36(35)31-48(46)53)41-19-10-11-20-44(41)50-32-49(54-52(55-50)34-14-4-3-5-15-34)38-25-26-40-37(29-38)24-28-42-39-18-9-8-13-33(39)23-27-43(40)42/h3-32H,1-2H3. The quantitative estimate of drug-likeness (QED) is 0.171. The lowest BCUT2D eigenvalue weighted by Gasteiger charge is -2.22. The SMILES string of the molecule is CC1(C)c2cc3ccccc3cc2-c2c(-c3ccccc3-c3cc(-c4ccc5c(ccc6c7ccccc7ccc56)c4)nc(-c4ccccc4)n3)cccc21. The third kappa shape index (κ3) is 4.95. The maximum absolute atomic E-state index is 5.31. The Morgan fingerprint density at radius 2 is 0.964 bits per heavy atom. The first kappa shape index (κ1) is 31.6. The largest absolute Gasteiger partial charge is 0.228 e. The van der Waals surface area contributed by atoms with Gasteiger partial charge in [0.2, 0.25) is 0 Å². The van der Waals surface area contributed by atoms with E-state index in [1.165, 1.54) is 70.9 Å². The molecule has 10 aromatic rings. The second-order valence-corrected chi connectivity index (χ2v) is 15.4. The van der Waals surface area contributed by atoms with Crippen molar-refractivity contribution in [2.75, 3.05) is 0 Å². The van der Waals surface area contributed by atoms with Gasteiger partial charge < -0.3 is 0 Å². The molecule has 0 N–H and O–H groups in total. The molecule has 11 rings (SSSR count). The minimum Gasteiger partial charge on any atom is -0.228 e. The van der Waals surface area contributed by atoms with Crippen molar-refractivity contribution in [3.63, 3.8) is 0 Å². The molecule has 0 fully saturated rings. The van der Waals surface area contributed by atoms with E-state index in [4.69, 9.17) is 9.97 Å². The summed E-state index contributed by atoms with van der Waals surface area (Å²) >= 11 is 0. The van der Waals surface area contributed by atoms with Gasteiger partial charge in [-0.05, 0) is 101 Å². The van der Waals surface area contributed by atoms with E-state index in [-0.39, 0.29) is 5.41 Å². The van der Waals surface area contributed by atoms with Crippen LogP contribution >= 0.6 is 0 Å². The summed E-state index contributed by atoms with van der Waals surface area (Å²) in [5.41, 5.74) is 12.6. The zero-order chi connectivity index (χ0) is 36.7. The first-order chi connectivity index (χ1) is 27.0. The van der Waals surface area contributed by atoms with Crippen LogP contribution in [0.1, 0.15) is 25.0 Å². The number of hydrogen-bond acceptors (Lipinski definition) is 2. The number of hydrogen-bond donors (Lipinski definition) is 0. The summed E-state index contributed by atoms with van der Waals surface area (Å²) in [4.78, 5) is 10.6. The Balaban J connectivity index is 1.10. The molecule has 55 heavy (non-hydrogen) atoms. The highest BCUT2D eigenvalue weighted by Crippen LogP contribution is 2.54. The molecule has 0 radical (unpaired) electrons. The molecule has 0 unspecified atom stereocenters. The van der Waals surface area contributed by atoms with Crippen LogP contribution in [0.5, 0.6) is 0 Å². The van der Waals surface area contributed by atoms with Crippen molar-refractivity contribution < 1.29 is 0 Å². The molecule has 2 heteroatoms. The lowest BCUT2D eigenvalue weighted by Crippen LogP contribution is -2.14. The van der Waals surface area contributed by atoms with Crippen LogP contribution in [0.3, 0.4) is 0 Å². The average Bonchev–Trinajstić information content (AvgIpc) is 3.47. The first-order valence-electron chi connectivity index (χ1n) is 19.1. The molecule has 0 bridgehead atoms. The number of benzene rings is 9. The molecule has 2 nitrogen and oxygen atoms in total. The lowest BCUT2D eigenvalue weighted by molar-refractivity contribution is 0.661. The molecule has 1 aromatic heterocycles. The molecular formula is C53H36N2. The van der Waals surface area contributed by atoms with Gasteiger partial charge in [-0.2, -0.15) is 0 Å². The fraction of sp³-hybridized carbons (Fsp3) is 0.0566. The van der Waals surface area contributed by atoms with Crippen molar-refractivity contribution in [2.45, 2.75) is 19.3 Å². The van der Waals surface area contributed by atoms with E-state index in [9.17, 15) is 0 Å². The van der Waals surface area contributed by atoms with E-state index in [1.807, 2.05) is 6.07 Å². The summed E-state index contributed by atoms with van der Waals surface area (Å²) in [7, 11) is 0. The molecular weight excluding hydrogens is 665 g/mol. The maximum atomic E-state index is 5.31. The van der Waals surface area contributed by atoms with Gasteiger partial charge in [0, 0.05) is 22.1 Å². The Kier molecular flexibility index (Phi) is 6.93. The summed E-state index contributed by atoms with van der Waals surface area (Å²) in [5.74, 6) is 0.712. The van der Waals surface area contributed by atoms with Crippen LogP contribution in [0.15, 0.2) is 182 Å². The highest BCUT2D eigenvalue weighted by Gasteiger charge is 2.37. The monoisotopic (exact) mass is 700 g/mol. The van der Waals surface area contributed by atoms with Crippen LogP contribution in [0.25, 0.3) is 99.2 Å². The highest BCUT2D eigenvalue weighted by atomic mass is 14.9. The molecule has 0 atom stereocenters. The van der Waals surface area contributed by atoms with Crippen LogP contribution in [0.2, 0.25) is 0 Å². The van der Waals surface area contributed by atoms with E-state index >= 15 is 0 Å². The van der Waals surface area contributed by atoms with Gasteiger partial charge >= 0.3 is 0 Å². The molecule has 0 aliphatic heterocycles. The maximum Gasteiger partial charge on any atom is 0.160 e. The minimum absolute atomic E-state index is 0.128. The zero-order valence-electron chi connectivity index (χ0n) is 30.7. The Labute approximate surface area is 320 Å². The van der Waals surface area contributed by atoms with Gasteiger partial charge in [0.1, 0.15) is 0 Å². The number of fused-ring (bicyclic) bond motifs is 9. The summed E-state index contributed by atoms with van der Waals surface area (Å²) < 4.78 is 0. The molecule has 0 saturated heterocycles. The van der Waals surface area contributed by atoms with Crippen molar-refractivity contribution in [3.8, 4) is 56.2 Å². The normalized spacial score (nSPS) is 13.1. The van der Waals surface area contributed by atoms with Crippen LogP contribution in [0.4, 0.5) is 0 Å². The van der Waals surface area contributed by atoms with Crippen molar-refractivity contribution in [1.29, 1.82) is 0 Å². The fourth-order valence-corrected chi connectivity index (χ4v) is 9.08. The number of aromatic nitrogens is 2. The minimum atomic E-state index is -0.128. The van der Waals surface area contributed by atoms with Crippen LogP contribution < -0.4 is 0 Å². The molecule has 1 aliphatic rings. The van der Waals surface area contributed by atoms with Crippen LogP contribution in [0, 0.1) is 0 Å². The van der Waals surface area contributed by atoms with Gasteiger partial charge in [-0.25, -0.2) is 9.97 Å². The Hall–Kier alpha value is -6.90.